The summed E-state index contributed by atoms with van der Waals surface area (Å²) in [6.07, 6.45) is 0.563. The van der Waals surface area contributed by atoms with Gasteiger partial charge in [-0.25, -0.2) is 9.80 Å². The summed E-state index contributed by atoms with van der Waals surface area (Å²) in [7, 11) is 1.61. The maximum absolute atomic E-state index is 13.1. The number of carbonyl (C=O) groups is 2. The summed E-state index contributed by atoms with van der Waals surface area (Å²) in [5, 5.41) is 6.05. The summed E-state index contributed by atoms with van der Waals surface area (Å²) in [5.41, 5.74) is 5.02. The van der Waals surface area contributed by atoms with Crippen LogP contribution in [-0.2, 0) is 9.53 Å². The van der Waals surface area contributed by atoms with E-state index >= 15 is 0 Å². The first kappa shape index (κ1) is 22.3. The van der Waals surface area contributed by atoms with Crippen LogP contribution in [0.15, 0.2) is 77.9 Å². The summed E-state index contributed by atoms with van der Waals surface area (Å²) in [6.45, 7) is 3.42. The van der Waals surface area contributed by atoms with Crippen molar-refractivity contribution in [2.45, 2.75) is 26.3 Å². The Bertz CT molecular complexity index is 1190. The molecule has 0 aliphatic carbocycles. The molecular formula is C27H26N2O4. The molecule has 0 bridgehead atoms. The minimum atomic E-state index is -0.520. The molecule has 6 heteroatoms. The monoisotopic (exact) mass is 442 g/mol. The van der Waals surface area contributed by atoms with E-state index in [1.165, 1.54) is 5.01 Å². The first-order valence-corrected chi connectivity index (χ1v) is 10.8. The van der Waals surface area contributed by atoms with Gasteiger partial charge in [0.1, 0.15) is 5.75 Å². The summed E-state index contributed by atoms with van der Waals surface area (Å²) in [4.78, 5) is 25.7. The van der Waals surface area contributed by atoms with Gasteiger partial charge in [0.05, 0.1) is 24.4 Å². The molecule has 0 saturated carbocycles. The molecule has 1 atom stereocenters. The zero-order chi connectivity index (χ0) is 23.4. The molecule has 168 valence electrons. The van der Waals surface area contributed by atoms with Gasteiger partial charge in [0.2, 0.25) is 0 Å². The molecule has 0 radical (unpaired) electrons. The third-order valence-electron chi connectivity index (χ3n) is 5.70. The SMILES string of the molecule is COc1ccc(C2CC(c3ccccc3)=NN2C(=O)COC(=O)c2ccc(C)cc2C)cc1. The smallest absolute Gasteiger partial charge is 0.338 e. The highest BCUT2D eigenvalue weighted by molar-refractivity contribution is 6.03. The minimum absolute atomic E-state index is 0.293. The number of hydrogen-bond acceptors (Lipinski definition) is 5. The lowest BCUT2D eigenvalue weighted by atomic mass is 9.98. The van der Waals surface area contributed by atoms with E-state index in [9.17, 15) is 9.59 Å². The predicted octanol–water partition coefficient (Wildman–Crippen LogP) is 4.85. The molecule has 4 rings (SSSR count). The van der Waals surface area contributed by atoms with Crippen LogP contribution in [-0.4, -0.2) is 36.3 Å². The average molecular weight is 443 g/mol. The lowest BCUT2D eigenvalue weighted by Crippen LogP contribution is -2.31. The second-order valence-corrected chi connectivity index (χ2v) is 8.04. The number of carbonyl (C=O) groups excluding carboxylic acids is 2. The molecule has 0 fully saturated rings. The van der Waals surface area contributed by atoms with Gasteiger partial charge in [0.25, 0.3) is 5.91 Å². The third-order valence-corrected chi connectivity index (χ3v) is 5.70. The van der Waals surface area contributed by atoms with E-state index < -0.39 is 5.97 Å². The molecule has 3 aromatic carbocycles. The fourth-order valence-corrected chi connectivity index (χ4v) is 3.94. The summed E-state index contributed by atoms with van der Waals surface area (Å²) in [5.74, 6) is -0.158. The average Bonchev–Trinajstić information content (AvgIpc) is 3.28. The quantitative estimate of drug-likeness (QED) is 0.512. The number of hydrazone groups is 1. The van der Waals surface area contributed by atoms with Crippen molar-refractivity contribution in [2.24, 2.45) is 5.10 Å². The zero-order valence-electron chi connectivity index (χ0n) is 18.9. The van der Waals surface area contributed by atoms with E-state index in [1.54, 1.807) is 13.2 Å². The number of ether oxygens (including phenoxy) is 2. The van der Waals surface area contributed by atoms with Crippen LogP contribution in [0.4, 0.5) is 0 Å². The van der Waals surface area contributed by atoms with Crippen molar-refractivity contribution in [1.82, 2.24) is 5.01 Å². The predicted molar refractivity (Wildman–Crippen MR) is 126 cm³/mol. The van der Waals surface area contributed by atoms with Crippen molar-refractivity contribution >= 4 is 17.6 Å². The normalized spacial score (nSPS) is 15.2. The van der Waals surface area contributed by atoms with Crippen molar-refractivity contribution in [3.8, 4) is 5.75 Å². The van der Waals surface area contributed by atoms with Gasteiger partial charge in [-0.2, -0.15) is 5.10 Å². The highest BCUT2D eigenvalue weighted by Crippen LogP contribution is 2.33. The first-order chi connectivity index (χ1) is 16.0. The number of esters is 1. The molecule has 0 N–H and O–H groups in total. The molecule has 1 aliphatic heterocycles. The van der Waals surface area contributed by atoms with Crippen LogP contribution in [0.1, 0.15) is 45.1 Å². The van der Waals surface area contributed by atoms with Gasteiger partial charge in [0, 0.05) is 6.42 Å². The fraction of sp³-hybridized carbons (Fsp3) is 0.222. The Morgan fingerprint density at radius 1 is 1.00 bits per heavy atom. The standard InChI is InChI=1S/C27H26N2O4/c1-18-9-14-23(19(2)15-18)27(31)33-17-26(30)29-25(21-10-12-22(32-3)13-11-21)16-24(28-29)20-7-5-4-6-8-20/h4-15,25H,16-17H2,1-3H3. The van der Waals surface area contributed by atoms with E-state index in [0.717, 1.165) is 33.7 Å². The van der Waals surface area contributed by atoms with Gasteiger partial charge in [0.15, 0.2) is 6.61 Å². The van der Waals surface area contributed by atoms with Crippen molar-refractivity contribution in [1.29, 1.82) is 0 Å². The van der Waals surface area contributed by atoms with Crippen LogP contribution in [0, 0.1) is 13.8 Å². The van der Waals surface area contributed by atoms with Crippen molar-refractivity contribution in [3.05, 3.63) is 101 Å². The number of amides is 1. The minimum Gasteiger partial charge on any atom is -0.497 e. The van der Waals surface area contributed by atoms with Gasteiger partial charge in [-0.3, -0.25) is 4.79 Å². The molecule has 1 aliphatic rings. The van der Waals surface area contributed by atoms with E-state index in [4.69, 9.17) is 9.47 Å². The second-order valence-electron chi connectivity index (χ2n) is 8.04. The molecule has 33 heavy (non-hydrogen) atoms. The third kappa shape index (κ3) is 4.95. The Balaban J connectivity index is 1.54. The number of nitrogens with zero attached hydrogens (tertiary/aromatic N) is 2. The van der Waals surface area contributed by atoms with Gasteiger partial charge in [-0.05, 0) is 48.7 Å². The topological polar surface area (TPSA) is 68.2 Å². The Morgan fingerprint density at radius 3 is 2.39 bits per heavy atom. The van der Waals surface area contributed by atoms with Crippen molar-refractivity contribution in [3.63, 3.8) is 0 Å². The zero-order valence-corrected chi connectivity index (χ0v) is 18.9. The Morgan fingerprint density at radius 2 is 1.73 bits per heavy atom. The molecular weight excluding hydrogens is 416 g/mol. The molecule has 6 nitrogen and oxygen atoms in total. The summed E-state index contributed by atoms with van der Waals surface area (Å²) >= 11 is 0. The van der Waals surface area contributed by atoms with Crippen molar-refractivity contribution in [2.75, 3.05) is 13.7 Å². The lowest BCUT2D eigenvalue weighted by Gasteiger charge is -2.22. The first-order valence-electron chi connectivity index (χ1n) is 10.8. The Kier molecular flexibility index (Phi) is 6.54. The van der Waals surface area contributed by atoms with Crippen LogP contribution < -0.4 is 4.74 Å². The Labute approximate surface area is 193 Å². The molecule has 0 spiro atoms. The largest absolute Gasteiger partial charge is 0.497 e. The van der Waals surface area contributed by atoms with Crippen molar-refractivity contribution < 1.29 is 19.1 Å². The maximum atomic E-state index is 13.1. The molecule has 1 amide bonds. The Hall–Kier alpha value is -3.93. The highest BCUT2D eigenvalue weighted by atomic mass is 16.5. The van der Waals surface area contributed by atoms with Crippen LogP contribution in [0.2, 0.25) is 0 Å². The summed E-state index contributed by atoms with van der Waals surface area (Å²) < 4.78 is 10.6. The maximum Gasteiger partial charge on any atom is 0.338 e. The fourth-order valence-electron chi connectivity index (χ4n) is 3.94. The van der Waals surface area contributed by atoms with Crippen LogP contribution in [0.25, 0.3) is 0 Å². The van der Waals surface area contributed by atoms with Gasteiger partial charge in [-0.1, -0.05) is 60.2 Å². The number of methoxy groups -OCH3 is 1. The van der Waals surface area contributed by atoms with Crippen LogP contribution >= 0.6 is 0 Å². The molecule has 1 heterocycles. The number of hydrogen-bond donors (Lipinski definition) is 0. The molecule has 1 unspecified atom stereocenters. The number of rotatable bonds is 6. The van der Waals surface area contributed by atoms with E-state index in [0.29, 0.717) is 12.0 Å². The van der Waals surface area contributed by atoms with E-state index in [1.807, 2.05) is 80.6 Å². The number of benzene rings is 3. The van der Waals surface area contributed by atoms with Gasteiger partial charge < -0.3 is 9.47 Å². The van der Waals surface area contributed by atoms with Gasteiger partial charge >= 0.3 is 5.97 Å². The summed E-state index contributed by atoms with van der Waals surface area (Å²) in [6, 6.07) is 22.5. The molecule has 0 aromatic heterocycles. The number of aryl methyl sites for hydroxylation is 2. The molecule has 3 aromatic rings. The van der Waals surface area contributed by atoms with E-state index in [2.05, 4.69) is 5.10 Å². The second kappa shape index (κ2) is 9.69. The van der Waals surface area contributed by atoms with E-state index in [-0.39, 0.29) is 18.6 Å². The highest BCUT2D eigenvalue weighted by Gasteiger charge is 2.33. The molecule has 0 saturated heterocycles. The van der Waals surface area contributed by atoms with Crippen LogP contribution in [0.5, 0.6) is 5.75 Å². The van der Waals surface area contributed by atoms with Crippen LogP contribution in [0.3, 0.4) is 0 Å². The van der Waals surface area contributed by atoms with Gasteiger partial charge in [-0.15, -0.1) is 0 Å². The lowest BCUT2D eigenvalue weighted by molar-refractivity contribution is -0.136.